The van der Waals surface area contributed by atoms with Gasteiger partial charge in [-0.05, 0) is 168 Å². The van der Waals surface area contributed by atoms with E-state index in [1.165, 1.54) is 73.7 Å². The van der Waals surface area contributed by atoms with E-state index in [0.717, 1.165) is 260 Å². The molecule has 3 aliphatic heterocycles. The van der Waals surface area contributed by atoms with Gasteiger partial charge in [-0.2, -0.15) is 0 Å². The molecule has 35 heteroatoms. The zero-order chi connectivity index (χ0) is 96.7. The first-order valence-corrected chi connectivity index (χ1v) is 50.5. The van der Waals surface area contributed by atoms with E-state index < -0.39 is 9.84 Å². The third-order valence-electron chi connectivity index (χ3n) is 25.4. The fraction of sp³-hybridized carbons (Fsp3) is 0.343. The first-order valence-electron chi connectivity index (χ1n) is 48.7. The number of aryl methyl sites for hydroxylation is 5. The molecule has 0 radical (unpaired) electrons. The number of aromatic nitrogens is 22. The lowest BCUT2D eigenvalue weighted by Crippen LogP contribution is -2.38. The van der Waals surface area contributed by atoms with E-state index in [-0.39, 0.29) is 23.6 Å². The molecule has 1 saturated carbocycles. The molecular weight excluding hydrogens is 1780 g/mol. The zero-order valence-corrected chi connectivity index (χ0v) is 81.8. The van der Waals surface area contributed by atoms with Crippen molar-refractivity contribution in [1.82, 2.24) is 115 Å². The minimum atomic E-state index is -3.13. The first kappa shape index (κ1) is 96.4. The number of aromatic amines is 7. The van der Waals surface area contributed by atoms with Gasteiger partial charge in [0.1, 0.15) is 130 Å². The SMILES string of the molecule is CCCCNc1ncnc2[nH]c(-c3ccccc3)cc12.CCCCNc1ncnc2[nH]c(C)cc12.CCCCNc1ncnc2[nH]c(CC)cc12.Cc1cc2c(NC3CCN(C)c4ccccc43)ncnc2[nH]1.Cc1cc2c(NC3CCN(Cc4ccccc4)CC3)ncnc2[nH]1.Cc1cc2c(NC3CS(=O)(=O)Cc4ccccc43)ncnc2[nH]1.c1coc(CNc2ncnc3nc(C4CCC4)[nH]c23)c1. The summed E-state index contributed by atoms with van der Waals surface area (Å²) in [4.78, 5) is 92.4. The third kappa shape index (κ3) is 24.5. The number of fused-ring (bicyclic) bond motifs is 9. The maximum Gasteiger partial charge on any atom is 0.183 e. The van der Waals surface area contributed by atoms with Gasteiger partial charge in [0.2, 0.25) is 0 Å². The van der Waals surface area contributed by atoms with Crippen LogP contribution in [-0.4, -0.2) is 181 Å². The molecular formula is C105H125N31O3S. The molecule has 4 aromatic carbocycles. The summed E-state index contributed by atoms with van der Waals surface area (Å²) in [6.45, 7) is 24.5. The maximum atomic E-state index is 12.2. The van der Waals surface area contributed by atoms with Crippen LogP contribution >= 0.6 is 0 Å². The van der Waals surface area contributed by atoms with Crippen molar-refractivity contribution < 1.29 is 12.8 Å². The van der Waals surface area contributed by atoms with Crippen molar-refractivity contribution in [3.05, 3.63) is 271 Å². The van der Waals surface area contributed by atoms with Crippen LogP contribution < -0.4 is 42.1 Å². The fourth-order valence-corrected chi connectivity index (χ4v) is 19.4. The first-order chi connectivity index (χ1) is 68.4. The van der Waals surface area contributed by atoms with Crippen molar-refractivity contribution in [2.45, 2.75) is 182 Å². The van der Waals surface area contributed by atoms with Crippen molar-refractivity contribution >= 4 is 134 Å². The van der Waals surface area contributed by atoms with E-state index in [0.29, 0.717) is 24.3 Å². The molecule has 140 heavy (non-hydrogen) atoms. The Morgan fingerprint density at radius 3 is 1.44 bits per heavy atom. The van der Waals surface area contributed by atoms with Crippen molar-refractivity contribution in [2.75, 3.05) is 94.2 Å². The number of likely N-dealkylation sites (tertiary alicyclic amines) is 1. The summed E-state index contributed by atoms with van der Waals surface area (Å²) in [7, 11) is -0.981. The summed E-state index contributed by atoms with van der Waals surface area (Å²) in [5.74, 6) is 8.67. The van der Waals surface area contributed by atoms with Gasteiger partial charge in [-0.15, -0.1) is 0 Å². The van der Waals surface area contributed by atoms with Crippen LogP contribution in [0.5, 0.6) is 0 Å². The van der Waals surface area contributed by atoms with Gasteiger partial charge in [-0.25, -0.2) is 83.2 Å². The molecule has 34 nitrogen and oxygen atoms in total. The van der Waals surface area contributed by atoms with E-state index in [1.54, 1.807) is 37.9 Å². The molecule has 14 N–H and O–H groups in total. The van der Waals surface area contributed by atoms with Crippen molar-refractivity contribution in [2.24, 2.45) is 0 Å². The number of para-hydroxylation sites is 1. The lowest BCUT2D eigenvalue weighted by Gasteiger charge is -2.33. The maximum absolute atomic E-state index is 12.2. The number of hydrogen-bond acceptors (Lipinski definition) is 27. The van der Waals surface area contributed by atoms with Crippen molar-refractivity contribution in [3.63, 3.8) is 0 Å². The smallest absolute Gasteiger partial charge is 0.183 e. The minimum absolute atomic E-state index is 0.0684. The molecule has 1 aliphatic carbocycles. The number of rotatable bonds is 26. The van der Waals surface area contributed by atoms with Crippen LogP contribution in [0.2, 0.25) is 0 Å². The lowest BCUT2D eigenvalue weighted by molar-refractivity contribution is 0.211. The monoisotopic (exact) mass is 1900 g/mol. The van der Waals surface area contributed by atoms with E-state index in [2.05, 4.69) is 288 Å². The molecule has 0 amide bonds. The molecule has 15 aromatic heterocycles. The largest absolute Gasteiger partial charge is 0.467 e. The Morgan fingerprint density at radius 1 is 0.429 bits per heavy atom. The van der Waals surface area contributed by atoms with Crippen LogP contribution in [-0.2, 0) is 35.1 Å². The molecule has 19 aromatic rings. The number of unbranched alkanes of at least 4 members (excludes halogenated alkanes) is 3. The Morgan fingerprint density at radius 2 is 0.900 bits per heavy atom. The Bertz CT molecular complexity index is 7340. The topological polar surface area (TPSA) is 442 Å². The number of anilines is 8. The van der Waals surface area contributed by atoms with Gasteiger partial charge in [0.05, 0.1) is 68.7 Å². The van der Waals surface area contributed by atoms with Crippen LogP contribution in [0.4, 0.5) is 46.4 Å². The number of imidazole rings is 1. The highest BCUT2D eigenvalue weighted by Crippen LogP contribution is 2.40. The van der Waals surface area contributed by atoms with Gasteiger partial charge < -0.3 is 81.4 Å². The Balaban J connectivity index is 0.000000113. The number of furan rings is 1. The molecule has 0 spiro atoms. The average Bonchev–Trinajstić information content (AvgIpc) is 1.04. The molecule has 0 bridgehead atoms. The number of sulfone groups is 1. The molecule has 4 aliphatic rings. The van der Waals surface area contributed by atoms with Crippen LogP contribution in [0.1, 0.15) is 185 Å². The quantitative estimate of drug-likeness (QED) is 0.0224. The Labute approximate surface area is 814 Å². The molecule has 724 valence electrons. The van der Waals surface area contributed by atoms with Crippen LogP contribution in [0.3, 0.4) is 0 Å². The number of benzene rings is 4. The average molecular weight is 1900 g/mol. The molecule has 23 rings (SSSR count). The molecule has 2 fully saturated rings. The van der Waals surface area contributed by atoms with Gasteiger partial charge in [0.15, 0.2) is 21.3 Å². The van der Waals surface area contributed by atoms with Crippen LogP contribution in [0.25, 0.3) is 88.6 Å². The second kappa shape index (κ2) is 46.3. The summed E-state index contributed by atoms with van der Waals surface area (Å²) < 4.78 is 29.7. The number of nitrogens with zero attached hydrogens (tertiary/aromatic N) is 17. The summed E-state index contributed by atoms with van der Waals surface area (Å²) in [6, 6.07) is 53.9. The molecule has 1 saturated heterocycles. The highest BCUT2D eigenvalue weighted by Gasteiger charge is 2.32. The van der Waals surface area contributed by atoms with Crippen molar-refractivity contribution in [1.29, 1.82) is 0 Å². The summed E-state index contributed by atoms with van der Waals surface area (Å²) >= 11 is 0. The second-order valence-electron chi connectivity index (χ2n) is 36.0. The minimum Gasteiger partial charge on any atom is -0.467 e. The van der Waals surface area contributed by atoms with Gasteiger partial charge in [0, 0.05) is 105 Å². The van der Waals surface area contributed by atoms with Gasteiger partial charge in [0.25, 0.3) is 0 Å². The van der Waals surface area contributed by atoms with Crippen LogP contribution in [0.15, 0.2) is 213 Å². The fourth-order valence-electron chi connectivity index (χ4n) is 17.8. The summed E-state index contributed by atoms with van der Waals surface area (Å²) in [6.07, 6.45) is 27.8. The third-order valence-corrected chi connectivity index (χ3v) is 27.0. The standard InChI is InChI=1S/C19H23N5.C17H19N5.C16H16N4O2S.C16H18N4.C14H15N5O.C12H18N4.C11H16N4/c1-14-11-17-18(22-14)20-13-21-19(17)23-16-7-9-24(10-8-16)12-15-5-3-2-4-6-15;1-11-9-13-16(20-11)18-10-19-17(13)21-14-7-8-22(2)15-6-4-3-5-12(14)15;1-10-6-13-15(19-10)17-9-18-16(13)20-14-8-23(21,22)7-11-4-2-3-5-12(11)14;1-2-3-9-17-15-13-10-14(12-7-5-4-6-8-12)20-16(13)19-11-18-15;1-3-9(4-1)12-18-11-13(16-8-17-14(11)19-12)15-7-10-5-2-6-20-10;1-3-5-6-13-11-10-7-9(4-2)16-12(10)15-8-14-11;1-3-4-5-12-10-9-6-8(2)15-11(9)14-7-13-10/h2-6,11,13,16H,7-10,12H2,1H3,(H2,20,21,22,23);3-6,9-10,14H,7-8H2,1-2H3,(H2,18,19,20,21);2-6,9,14H,7-8H2,1H3,(H2,17,18,19,20);4-8,10-11H,2-3,9H2,1H3,(H2,17,18,19,20);2,5-6,8-9H,1,3-4,7H2,(H2,15,16,17,18,19);7-8H,3-6H2,1-2H3,(H2,13,14,15,16);6-7H,3-5H2,1-2H3,(H2,12,13,14,15). The number of H-pyrrole nitrogens is 7. The number of piperidine rings is 1. The zero-order valence-electron chi connectivity index (χ0n) is 80.9. The predicted molar refractivity (Wildman–Crippen MR) is 561 cm³/mol. The van der Waals surface area contributed by atoms with Gasteiger partial charge >= 0.3 is 0 Å². The van der Waals surface area contributed by atoms with Gasteiger partial charge in [-0.1, -0.05) is 157 Å². The van der Waals surface area contributed by atoms with E-state index in [4.69, 9.17) is 4.42 Å². The van der Waals surface area contributed by atoms with E-state index >= 15 is 0 Å². The summed E-state index contributed by atoms with van der Waals surface area (Å²) in [5, 5.41) is 30.1. The number of hydrogen-bond donors (Lipinski definition) is 14. The predicted octanol–water partition coefficient (Wildman–Crippen LogP) is 20.8. The van der Waals surface area contributed by atoms with E-state index in [9.17, 15) is 8.42 Å². The number of nitrogens with one attached hydrogen (secondary N) is 14. The second-order valence-corrected chi connectivity index (χ2v) is 38.1. The normalized spacial score (nSPS) is 14.9. The highest BCUT2D eigenvalue weighted by molar-refractivity contribution is 7.90. The molecule has 18 heterocycles. The van der Waals surface area contributed by atoms with Crippen LogP contribution in [0, 0.1) is 27.7 Å². The summed E-state index contributed by atoms with van der Waals surface area (Å²) in [5.41, 5.74) is 20.5. The molecule has 2 atom stereocenters. The Kier molecular flexibility index (Phi) is 31.9. The van der Waals surface area contributed by atoms with E-state index in [1.807, 2.05) is 88.4 Å². The lowest BCUT2D eigenvalue weighted by atomic mass is 9.85. The van der Waals surface area contributed by atoms with Crippen molar-refractivity contribution in [3.8, 4) is 11.3 Å². The molecule has 2 unspecified atom stereocenters. The Hall–Kier alpha value is -15.3. The van der Waals surface area contributed by atoms with Gasteiger partial charge in [-0.3, -0.25) is 4.90 Å². The highest BCUT2D eigenvalue weighted by atomic mass is 32.2.